The lowest BCUT2D eigenvalue weighted by atomic mass is 9.57. The number of hydrogen-bond donors (Lipinski definition) is 8. The van der Waals surface area contributed by atoms with Crippen LogP contribution in [0.25, 0.3) is 16.7 Å². The van der Waals surface area contributed by atoms with Crippen LogP contribution in [0, 0.1) is 24.2 Å². The van der Waals surface area contributed by atoms with Crippen molar-refractivity contribution in [2.75, 3.05) is 90.9 Å². The number of primary amides is 1. The van der Waals surface area contributed by atoms with Gasteiger partial charge < -0.3 is 66.0 Å². The van der Waals surface area contributed by atoms with E-state index in [0.29, 0.717) is 55.0 Å². The minimum Gasteiger partial charge on any atom is -0.508 e. The van der Waals surface area contributed by atoms with Crippen LogP contribution in [0.1, 0.15) is 43.9 Å². The SMILES string of the molecule is C#Cc1cccc(Nc2ncnc3cc(OCCOC)c(OCCOC)cc23)c1.CN(C)c1cc(NC(=O)CNC(C)(C)C)c(O)c2c1C[C@H]1C[C@H]3[C@H](N(C)C)C(=O)C(C(N)=O)=C(O)[C@@]3(O)C(=O)C1=C2O. The number of carbonyl (C=O) groups is 4. The van der Waals surface area contributed by atoms with E-state index in [1.165, 1.54) is 11.2 Å². The maximum absolute atomic E-state index is 14.0. The number of fused-ring (bicyclic) bond motifs is 4. The Labute approximate surface area is 411 Å². The zero-order valence-corrected chi connectivity index (χ0v) is 41.3. The number of hydrogen-bond acceptors (Lipinski definition) is 18. The Hall–Kier alpha value is -7.28. The average molecular weight is 979 g/mol. The molecule has 2 amide bonds. The Kier molecular flexibility index (Phi) is 16.3. The molecule has 4 aromatic rings. The second kappa shape index (κ2) is 21.8. The number of aliphatic hydroxyl groups excluding tert-OH is 2. The summed E-state index contributed by atoms with van der Waals surface area (Å²) in [6.07, 6.45) is 7.11. The van der Waals surface area contributed by atoms with E-state index < -0.39 is 69.7 Å². The van der Waals surface area contributed by atoms with Crippen LogP contribution in [0.5, 0.6) is 17.2 Å². The van der Waals surface area contributed by atoms with E-state index in [1.807, 2.05) is 57.2 Å². The number of terminal acetylenes is 1. The zero-order valence-electron chi connectivity index (χ0n) is 41.3. The second-order valence-electron chi connectivity index (χ2n) is 18.7. The third kappa shape index (κ3) is 11.0. The Bertz CT molecular complexity index is 2830. The molecule has 0 aliphatic heterocycles. The molecule has 20 heteroatoms. The minimum absolute atomic E-state index is 0.00158. The fourth-order valence-corrected chi connectivity index (χ4v) is 9.01. The lowest BCUT2D eigenvalue weighted by molar-refractivity contribution is -0.153. The monoisotopic (exact) mass is 978 g/mol. The van der Waals surface area contributed by atoms with Gasteiger partial charge in [0.05, 0.1) is 42.6 Å². The van der Waals surface area contributed by atoms with Crippen molar-refractivity contribution in [3.05, 3.63) is 82.4 Å². The average Bonchev–Trinajstić information content (AvgIpc) is 3.30. The van der Waals surface area contributed by atoms with Crippen molar-refractivity contribution < 1.29 is 58.6 Å². The van der Waals surface area contributed by atoms with E-state index in [-0.39, 0.29) is 41.7 Å². The molecule has 7 rings (SSSR count). The number of nitrogens with one attached hydrogen (secondary N) is 3. The summed E-state index contributed by atoms with van der Waals surface area (Å²) in [4.78, 5) is 64.1. The minimum atomic E-state index is -2.73. The number of benzene rings is 3. The van der Waals surface area contributed by atoms with E-state index in [2.05, 4.69) is 31.8 Å². The van der Waals surface area contributed by atoms with E-state index in [9.17, 15) is 39.6 Å². The summed E-state index contributed by atoms with van der Waals surface area (Å²) in [5.74, 6) is -3.35. The predicted octanol–water partition coefficient (Wildman–Crippen LogP) is 3.76. The van der Waals surface area contributed by atoms with Crippen molar-refractivity contribution in [1.82, 2.24) is 20.2 Å². The summed E-state index contributed by atoms with van der Waals surface area (Å²) in [6.45, 7) is 7.35. The van der Waals surface area contributed by atoms with Gasteiger partial charge in [-0.25, -0.2) is 9.97 Å². The van der Waals surface area contributed by atoms with Gasteiger partial charge in [0.2, 0.25) is 11.7 Å². The molecule has 378 valence electrons. The summed E-state index contributed by atoms with van der Waals surface area (Å²) in [5, 5.41) is 55.4. The largest absolute Gasteiger partial charge is 0.508 e. The van der Waals surface area contributed by atoms with E-state index in [1.54, 1.807) is 53.4 Å². The molecule has 1 saturated carbocycles. The lowest BCUT2D eigenvalue weighted by Gasteiger charge is -2.50. The number of anilines is 4. The molecular formula is C51H62N8O12. The van der Waals surface area contributed by atoms with Crippen LogP contribution >= 0.6 is 0 Å². The van der Waals surface area contributed by atoms with Gasteiger partial charge >= 0.3 is 0 Å². The van der Waals surface area contributed by atoms with Crippen molar-refractivity contribution in [2.45, 2.75) is 50.8 Å². The molecule has 0 bridgehead atoms. The highest BCUT2D eigenvalue weighted by atomic mass is 16.5. The molecule has 0 radical (unpaired) electrons. The quantitative estimate of drug-likeness (QED) is 0.0343. The highest BCUT2D eigenvalue weighted by Gasteiger charge is 2.64. The molecule has 0 saturated heterocycles. The maximum Gasteiger partial charge on any atom is 0.255 e. The molecule has 3 aliphatic rings. The number of aromatic hydroxyl groups is 1. The van der Waals surface area contributed by atoms with Crippen LogP contribution in [0.15, 0.2) is 65.7 Å². The van der Waals surface area contributed by atoms with Gasteiger partial charge in [0.25, 0.3) is 5.91 Å². The number of rotatable bonds is 16. The fraction of sp³-hybridized carbons (Fsp3) is 0.412. The van der Waals surface area contributed by atoms with Crippen molar-refractivity contribution in [2.24, 2.45) is 17.6 Å². The molecule has 4 atom stereocenters. The number of nitrogens with two attached hydrogens (primary N) is 1. The number of carbonyl (C=O) groups excluding carboxylic acids is 4. The van der Waals surface area contributed by atoms with E-state index in [0.717, 1.165) is 22.2 Å². The van der Waals surface area contributed by atoms with E-state index in [4.69, 9.17) is 31.1 Å². The third-order valence-electron chi connectivity index (χ3n) is 12.3. The van der Waals surface area contributed by atoms with Crippen molar-refractivity contribution in [3.8, 4) is 29.6 Å². The number of ketones is 2. The normalized spacial score (nSPS) is 19.5. The molecule has 3 aromatic carbocycles. The molecule has 20 nitrogen and oxygen atoms in total. The Morgan fingerprint density at radius 2 is 1.62 bits per heavy atom. The molecule has 3 aliphatic carbocycles. The summed E-state index contributed by atoms with van der Waals surface area (Å²) < 4.78 is 21.8. The number of nitrogens with zero attached hydrogens (tertiary/aromatic N) is 4. The Morgan fingerprint density at radius 3 is 2.21 bits per heavy atom. The summed E-state index contributed by atoms with van der Waals surface area (Å²) in [5.41, 5.74) is 4.46. The predicted molar refractivity (Wildman–Crippen MR) is 267 cm³/mol. The molecule has 0 unspecified atom stereocenters. The summed E-state index contributed by atoms with van der Waals surface area (Å²) >= 11 is 0. The van der Waals surface area contributed by atoms with Gasteiger partial charge in [-0.3, -0.25) is 24.1 Å². The van der Waals surface area contributed by atoms with Gasteiger partial charge in [-0.15, -0.1) is 6.42 Å². The standard InChI is InChI=1S/C29H39N5O8.C22H23N3O4/c1-28(2,3)31-11-17(35)32-15-10-16(33(4)5)13-8-12-9-14-21(34(6)7)24(38)20(27(30)41)26(40)29(14,42)25(39)18(12)23(37)19(13)22(15)36;1-4-16-6-5-7-17(12-16)25-22-18-13-20(28-10-8-26-2)21(29-11-9-27-3)14-19(18)23-15-24-22/h10,12,14,21,31,36-37,40,42H,8-9,11H2,1-7H3,(H2,30,41)(H,32,35);1,5-7,12-15H,8-11H2,2-3H3,(H,23,24,25)/t12-,14-,21-,29-;/m0./s1. The van der Waals surface area contributed by atoms with Crippen molar-refractivity contribution >= 4 is 62.9 Å². The van der Waals surface area contributed by atoms with Crippen LogP contribution in [-0.2, 0) is 35.1 Å². The summed E-state index contributed by atoms with van der Waals surface area (Å²) in [7, 11) is 9.83. The molecule has 1 aromatic heterocycles. The number of phenols is 1. The number of likely N-dealkylation sites (N-methyl/N-ethyl adjacent to an activating group) is 1. The Morgan fingerprint density at radius 1 is 0.958 bits per heavy atom. The van der Waals surface area contributed by atoms with Crippen LogP contribution in [0.4, 0.5) is 22.9 Å². The van der Waals surface area contributed by atoms with Crippen LogP contribution in [0.3, 0.4) is 0 Å². The third-order valence-corrected chi connectivity index (χ3v) is 12.3. The van der Waals surface area contributed by atoms with Crippen molar-refractivity contribution in [3.63, 3.8) is 0 Å². The number of methoxy groups -OCH3 is 2. The van der Waals surface area contributed by atoms with E-state index >= 15 is 0 Å². The van der Waals surface area contributed by atoms with Gasteiger partial charge in [0.15, 0.2) is 22.9 Å². The first-order chi connectivity index (χ1) is 33.6. The van der Waals surface area contributed by atoms with Gasteiger partial charge in [-0.05, 0) is 89.5 Å². The zero-order chi connectivity index (χ0) is 52.1. The first-order valence-electron chi connectivity index (χ1n) is 22.7. The van der Waals surface area contributed by atoms with Gasteiger partial charge in [0.1, 0.15) is 48.2 Å². The first kappa shape index (κ1) is 53.1. The molecular weight excluding hydrogens is 917 g/mol. The molecule has 1 heterocycles. The summed E-state index contributed by atoms with van der Waals surface area (Å²) in [6, 6.07) is 11.7. The topological polar surface area (TPSA) is 280 Å². The fourth-order valence-electron chi connectivity index (χ4n) is 9.01. The van der Waals surface area contributed by atoms with Crippen LogP contribution < -0.4 is 36.1 Å². The smallest absolute Gasteiger partial charge is 0.255 e. The molecule has 1 fully saturated rings. The van der Waals surface area contributed by atoms with Gasteiger partial charge in [-0.2, -0.15) is 0 Å². The number of aromatic nitrogens is 2. The molecule has 9 N–H and O–H groups in total. The highest BCUT2D eigenvalue weighted by molar-refractivity contribution is 6.24. The van der Waals surface area contributed by atoms with Crippen molar-refractivity contribution in [1.29, 1.82) is 0 Å². The molecule has 71 heavy (non-hydrogen) atoms. The highest BCUT2D eigenvalue weighted by Crippen LogP contribution is 2.54. The number of Topliss-reactive ketones (excluding diaryl/α,β-unsaturated/α-hetero) is 2. The number of phenolic OH excluding ortho intramolecular Hbond substituents is 1. The number of aliphatic hydroxyl groups is 3. The van der Waals surface area contributed by atoms with Gasteiger partial charge in [0, 0.05) is 73.7 Å². The van der Waals surface area contributed by atoms with Crippen LogP contribution in [-0.4, -0.2) is 151 Å². The van der Waals surface area contributed by atoms with Crippen LogP contribution in [0.2, 0.25) is 0 Å². The first-order valence-corrected chi connectivity index (χ1v) is 22.7. The molecule has 0 spiro atoms. The number of ether oxygens (including phenoxy) is 4. The second-order valence-corrected chi connectivity index (χ2v) is 18.7. The number of amides is 2. The lowest BCUT2D eigenvalue weighted by Crippen LogP contribution is -2.65. The maximum atomic E-state index is 14.0. The van der Waals surface area contributed by atoms with Gasteiger partial charge in [-0.1, -0.05) is 12.0 Å². The Balaban J connectivity index is 0.000000249.